The molecule has 4 heteroatoms. The topological polar surface area (TPSA) is 47.3 Å². The van der Waals surface area contributed by atoms with Gasteiger partial charge in [0.15, 0.2) is 0 Å². The van der Waals surface area contributed by atoms with E-state index in [-0.39, 0.29) is 6.61 Å². The Hall–Kier alpha value is -1.03. The Morgan fingerprint density at radius 2 is 2.46 bits per heavy atom. The molecule has 0 aromatic carbocycles. The van der Waals surface area contributed by atoms with Crippen LogP contribution in [0.25, 0.3) is 0 Å². The van der Waals surface area contributed by atoms with E-state index >= 15 is 0 Å². The molecule has 1 aromatic heterocycles. The van der Waals surface area contributed by atoms with Crippen LogP contribution in [-0.4, -0.2) is 28.6 Å². The molecule has 0 aliphatic heterocycles. The summed E-state index contributed by atoms with van der Waals surface area (Å²) in [6.07, 6.45) is 4.79. The highest BCUT2D eigenvalue weighted by Gasteiger charge is 2.28. The molecule has 0 unspecified atom stereocenters. The minimum atomic E-state index is 0.146. The molecule has 1 saturated carbocycles. The first-order chi connectivity index (χ1) is 6.36. The van der Waals surface area contributed by atoms with Gasteiger partial charge in [-0.25, -0.2) is 4.68 Å². The van der Waals surface area contributed by atoms with Crippen molar-refractivity contribution in [2.45, 2.75) is 25.3 Å². The Labute approximate surface area is 77.1 Å². The molecule has 13 heavy (non-hydrogen) atoms. The predicted molar refractivity (Wildman–Crippen MR) is 47.8 cm³/mol. The molecule has 0 atom stereocenters. The molecule has 1 N–H and O–H groups in total. The largest absolute Gasteiger partial charge is 0.481 e. The summed E-state index contributed by atoms with van der Waals surface area (Å²) in [6, 6.07) is 0.530. The lowest BCUT2D eigenvalue weighted by Crippen LogP contribution is -2.01. The summed E-state index contributed by atoms with van der Waals surface area (Å²) >= 11 is 0. The number of methoxy groups -OCH3 is 1. The first-order valence-electron chi connectivity index (χ1n) is 4.58. The highest BCUT2D eigenvalue weighted by molar-refractivity contribution is 5.25. The van der Waals surface area contributed by atoms with E-state index in [1.165, 1.54) is 12.8 Å². The molecule has 0 spiro atoms. The van der Waals surface area contributed by atoms with Crippen LogP contribution in [0, 0.1) is 0 Å². The summed E-state index contributed by atoms with van der Waals surface area (Å²) in [4.78, 5) is 0. The van der Waals surface area contributed by atoms with Crippen LogP contribution in [-0.2, 0) is 6.42 Å². The fourth-order valence-corrected chi connectivity index (χ4v) is 1.48. The third kappa shape index (κ3) is 1.54. The molecule has 1 fully saturated rings. The second-order valence-electron chi connectivity index (χ2n) is 3.33. The van der Waals surface area contributed by atoms with Crippen molar-refractivity contribution in [2.24, 2.45) is 0 Å². The monoisotopic (exact) mass is 182 g/mol. The second kappa shape index (κ2) is 3.38. The molecule has 1 aliphatic rings. The zero-order valence-corrected chi connectivity index (χ0v) is 7.73. The average molecular weight is 182 g/mol. The third-order valence-corrected chi connectivity index (χ3v) is 2.29. The summed E-state index contributed by atoms with van der Waals surface area (Å²) in [6.45, 7) is 0.146. The lowest BCUT2D eigenvalue weighted by molar-refractivity contribution is 0.294. The first-order valence-corrected chi connectivity index (χ1v) is 4.58. The van der Waals surface area contributed by atoms with Crippen molar-refractivity contribution >= 4 is 0 Å². The van der Waals surface area contributed by atoms with Crippen molar-refractivity contribution in [3.63, 3.8) is 0 Å². The van der Waals surface area contributed by atoms with Crippen LogP contribution in [0.15, 0.2) is 6.20 Å². The second-order valence-corrected chi connectivity index (χ2v) is 3.33. The van der Waals surface area contributed by atoms with E-state index in [1.54, 1.807) is 13.3 Å². The first kappa shape index (κ1) is 8.56. The number of hydrogen-bond donors (Lipinski definition) is 1. The van der Waals surface area contributed by atoms with Gasteiger partial charge in [0.05, 0.1) is 19.3 Å². The number of hydrogen-bond acceptors (Lipinski definition) is 3. The van der Waals surface area contributed by atoms with Gasteiger partial charge in [-0.15, -0.1) is 0 Å². The summed E-state index contributed by atoms with van der Waals surface area (Å²) in [5, 5.41) is 13.1. The maximum Gasteiger partial charge on any atom is 0.215 e. The Bertz CT molecular complexity index is 292. The van der Waals surface area contributed by atoms with Crippen LogP contribution in [0.4, 0.5) is 0 Å². The van der Waals surface area contributed by atoms with Gasteiger partial charge in [-0.1, -0.05) is 0 Å². The van der Waals surface area contributed by atoms with E-state index in [0.29, 0.717) is 12.5 Å². The molecule has 1 aliphatic carbocycles. The van der Waals surface area contributed by atoms with Crippen LogP contribution in [0.1, 0.15) is 24.4 Å². The number of rotatable bonds is 4. The van der Waals surface area contributed by atoms with Crippen molar-refractivity contribution < 1.29 is 9.84 Å². The highest BCUT2D eigenvalue weighted by Crippen LogP contribution is 2.38. The zero-order valence-electron chi connectivity index (χ0n) is 7.73. The van der Waals surface area contributed by atoms with Crippen molar-refractivity contribution in [3.05, 3.63) is 11.8 Å². The van der Waals surface area contributed by atoms with Crippen molar-refractivity contribution in [3.8, 4) is 5.88 Å². The summed E-state index contributed by atoms with van der Waals surface area (Å²) in [5.74, 6) is 0.816. The van der Waals surface area contributed by atoms with Gasteiger partial charge >= 0.3 is 0 Å². The molecular weight excluding hydrogens is 168 g/mol. The average Bonchev–Trinajstić information content (AvgIpc) is 2.89. The molecule has 0 bridgehead atoms. The van der Waals surface area contributed by atoms with E-state index < -0.39 is 0 Å². The van der Waals surface area contributed by atoms with Gasteiger partial charge in [0.25, 0.3) is 0 Å². The molecule has 0 saturated heterocycles. The van der Waals surface area contributed by atoms with Crippen LogP contribution >= 0.6 is 0 Å². The van der Waals surface area contributed by atoms with Gasteiger partial charge in [0.1, 0.15) is 0 Å². The van der Waals surface area contributed by atoms with Crippen molar-refractivity contribution in [1.29, 1.82) is 0 Å². The summed E-state index contributed by atoms with van der Waals surface area (Å²) in [7, 11) is 1.65. The minimum Gasteiger partial charge on any atom is -0.481 e. The lowest BCUT2D eigenvalue weighted by atomic mass is 10.2. The van der Waals surface area contributed by atoms with E-state index in [2.05, 4.69) is 5.10 Å². The van der Waals surface area contributed by atoms with Crippen LogP contribution < -0.4 is 4.74 Å². The molecule has 1 aromatic rings. The minimum absolute atomic E-state index is 0.146. The van der Waals surface area contributed by atoms with Gasteiger partial charge in [-0.2, -0.15) is 5.10 Å². The van der Waals surface area contributed by atoms with Crippen LogP contribution in [0.5, 0.6) is 5.88 Å². The number of aromatic nitrogens is 2. The van der Waals surface area contributed by atoms with Crippen molar-refractivity contribution in [1.82, 2.24) is 9.78 Å². The molecule has 1 heterocycles. The van der Waals surface area contributed by atoms with Gasteiger partial charge in [-0.05, 0) is 12.8 Å². The number of ether oxygens (including phenoxy) is 1. The molecule has 0 radical (unpaired) electrons. The van der Waals surface area contributed by atoms with Gasteiger partial charge < -0.3 is 9.84 Å². The number of aliphatic hydroxyl groups is 1. The Balaban J connectivity index is 2.24. The molecule has 72 valence electrons. The standard InChI is InChI=1S/C9H14N2O2/c1-13-9-7(4-5-12)6-10-11(9)8-2-3-8/h6,8,12H,2-5H2,1H3. The fraction of sp³-hybridized carbons (Fsp3) is 0.667. The lowest BCUT2D eigenvalue weighted by Gasteiger charge is -2.05. The Morgan fingerprint density at radius 1 is 1.69 bits per heavy atom. The SMILES string of the molecule is COc1c(CCO)cnn1C1CC1. The van der Waals surface area contributed by atoms with E-state index in [0.717, 1.165) is 11.4 Å². The van der Waals surface area contributed by atoms with Crippen molar-refractivity contribution in [2.75, 3.05) is 13.7 Å². The zero-order chi connectivity index (χ0) is 9.26. The molecule has 2 rings (SSSR count). The molecular formula is C9H14N2O2. The van der Waals surface area contributed by atoms with Crippen LogP contribution in [0.2, 0.25) is 0 Å². The summed E-state index contributed by atoms with van der Waals surface area (Å²) < 4.78 is 7.18. The third-order valence-electron chi connectivity index (χ3n) is 2.29. The fourth-order valence-electron chi connectivity index (χ4n) is 1.48. The van der Waals surface area contributed by atoms with Crippen LogP contribution in [0.3, 0.4) is 0 Å². The predicted octanol–water partition coefficient (Wildman–Crippen LogP) is 0.761. The summed E-state index contributed by atoms with van der Waals surface area (Å²) in [5.41, 5.74) is 0.997. The van der Waals surface area contributed by atoms with E-state index in [4.69, 9.17) is 9.84 Å². The highest BCUT2D eigenvalue weighted by atomic mass is 16.5. The normalized spacial score (nSPS) is 16.2. The Morgan fingerprint density at radius 3 is 3.00 bits per heavy atom. The van der Waals surface area contributed by atoms with E-state index in [9.17, 15) is 0 Å². The molecule has 4 nitrogen and oxygen atoms in total. The maximum absolute atomic E-state index is 8.81. The van der Waals surface area contributed by atoms with Gasteiger partial charge in [0.2, 0.25) is 5.88 Å². The smallest absolute Gasteiger partial charge is 0.215 e. The van der Waals surface area contributed by atoms with Gasteiger partial charge in [-0.3, -0.25) is 0 Å². The number of nitrogens with zero attached hydrogens (tertiary/aromatic N) is 2. The quantitative estimate of drug-likeness (QED) is 0.747. The maximum atomic E-state index is 8.81. The number of aliphatic hydroxyl groups excluding tert-OH is 1. The Kier molecular flexibility index (Phi) is 2.22. The van der Waals surface area contributed by atoms with E-state index in [1.807, 2.05) is 4.68 Å². The van der Waals surface area contributed by atoms with Gasteiger partial charge in [0, 0.05) is 18.6 Å². The molecule has 0 amide bonds.